The van der Waals surface area contributed by atoms with E-state index in [0.29, 0.717) is 24.3 Å². The summed E-state index contributed by atoms with van der Waals surface area (Å²) in [5.41, 5.74) is -8.37. The fourth-order valence-corrected chi connectivity index (χ4v) is 3.31. The molecule has 0 amide bonds. The van der Waals surface area contributed by atoms with Crippen molar-refractivity contribution in [2.75, 3.05) is 0 Å². The van der Waals surface area contributed by atoms with Crippen molar-refractivity contribution in [3.05, 3.63) is 88.0 Å². The van der Waals surface area contributed by atoms with Crippen LogP contribution in [0.4, 0.5) is 39.5 Å². The molecular formula is C22H12F9NO2. The summed E-state index contributed by atoms with van der Waals surface area (Å²) in [4.78, 5) is 16.0. The molecule has 1 aromatic heterocycles. The number of benzene rings is 2. The second kappa shape index (κ2) is 9.09. The van der Waals surface area contributed by atoms with Gasteiger partial charge in [-0.3, -0.25) is 4.79 Å². The molecule has 0 aliphatic heterocycles. The minimum absolute atomic E-state index is 0.324. The molecule has 0 spiro atoms. The van der Waals surface area contributed by atoms with E-state index in [2.05, 4.69) is 4.98 Å². The zero-order valence-corrected chi connectivity index (χ0v) is 16.6. The number of hydrogen-bond donors (Lipinski definition) is 1. The highest BCUT2D eigenvalue weighted by Crippen LogP contribution is 2.42. The SMILES string of the molecule is O=C(c1ccc(C(F)(F)F)cc1)c1c(C(F)F)nc(C(F)(F)F)c(CO)c1-c1ccc(F)cc1. The molecule has 0 saturated carbocycles. The lowest BCUT2D eigenvalue weighted by atomic mass is 9.88. The summed E-state index contributed by atoms with van der Waals surface area (Å²) < 4.78 is 120. The number of ketones is 1. The van der Waals surface area contributed by atoms with E-state index >= 15 is 0 Å². The highest BCUT2D eigenvalue weighted by molar-refractivity contribution is 6.14. The van der Waals surface area contributed by atoms with Crippen LogP contribution in [0.1, 0.15) is 44.9 Å². The van der Waals surface area contributed by atoms with Crippen LogP contribution in [0, 0.1) is 5.82 Å². The fourth-order valence-electron chi connectivity index (χ4n) is 3.31. The number of halogens is 9. The summed E-state index contributed by atoms with van der Waals surface area (Å²) in [5.74, 6) is -2.19. The highest BCUT2D eigenvalue weighted by Gasteiger charge is 2.40. The largest absolute Gasteiger partial charge is 0.433 e. The Morgan fingerprint density at radius 1 is 0.882 bits per heavy atom. The molecule has 3 nitrogen and oxygen atoms in total. The zero-order valence-electron chi connectivity index (χ0n) is 16.6. The van der Waals surface area contributed by atoms with Gasteiger partial charge in [-0.15, -0.1) is 0 Å². The monoisotopic (exact) mass is 493 g/mol. The number of aromatic nitrogens is 1. The molecule has 3 rings (SSSR count). The standard InChI is InChI=1S/C22H12F9NO2/c23-13-7-3-10(4-8-13)15-14(9-33)19(22(29,30)31)32-17(20(24)25)16(15)18(34)11-1-5-12(6-2-11)21(26,27)28/h1-8,20,33H,9H2. The molecule has 0 saturated heterocycles. The minimum Gasteiger partial charge on any atom is -0.392 e. The third kappa shape index (κ3) is 4.91. The molecule has 0 atom stereocenters. The summed E-state index contributed by atoms with van der Waals surface area (Å²) in [6.45, 7) is -1.38. The van der Waals surface area contributed by atoms with Crippen LogP contribution in [0.5, 0.6) is 0 Å². The average molecular weight is 493 g/mol. The lowest BCUT2D eigenvalue weighted by molar-refractivity contribution is -0.142. The molecule has 1 N–H and O–H groups in total. The molecule has 1 heterocycles. The molecule has 0 unspecified atom stereocenters. The van der Waals surface area contributed by atoms with Crippen LogP contribution in [-0.4, -0.2) is 15.9 Å². The number of carbonyl (C=O) groups excluding carboxylic acids is 1. The minimum atomic E-state index is -5.31. The van der Waals surface area contributed by atoms with Crippen molar-refractivity contribution in [2.24, 2.45) is 0 Å². The Morgan fingerprint density at radius 2 is 1.44 bits per heavy atom. The maximum atomic E-state index is 13.8. The van der Waals surface area contributed by atoms with Crippen LogP contribution in [0.15, 0.2) is 48.5 Å². The van der Waals surface area contributed by atoms with Gasteiger partial charge in [0, 0.05) is 16.7 Å². The molecule has 0 radical (unpaired) electrons. The van der Waals surface area contributed by atoms with Crippen LogP contribution in [0.2, 0.25) is 0 Å². The number of rotatable bonds is 5. The van der Waals surface area contributed by atoms with E-state index in [1.165, 1.54) is 0 Å². The molecule has 0 aliphatic rings. The van der Waals surface area contributed by atoms with Crippen molar-refractivity contribution in [1.29, 1.82) is 0 Å². The number of hydrogen-bond acceptors (Lipinski definition) is 3. The summed E-state index contributed by atoms with van der Waals surface area (Å²) in [6.07, 6.45) is -13.8. The van der Waals surface area contributed by atoms with E-state index in [0.717, 1.165) is 24.3 Å². The highest BCUT2D eigenvalue weighted by atomic mass is 19.4. The Hall–Kier alpha value is -3.41. The van der Waals surface area contributed by atoms with Gasteiger partial charge in [-0.05, 0) is 29.8 Å². The maximum Gasteiger partial charge on any atom is 0.433 e. The summed E-state index contributed by atoms with van der Waals surface area (Å²) in [5, 5.41) is 9.67. The first-order valence-electron chi connectivity index (χ1n) is 9.26. The predicted molar refractivity (Wildman–Crippen MR) is 100 cm³/mol. The van der Waals surface area contributed by atoms with Crippen molar-refractivity contribution in [3.63, 3.8) is 0 Å². The fraction of sp³-hybridized carbons (Fsp3) is 0.182. The van der Waals surface area contributed by atoms with Crippen molar-refractivity contribution < 1.29 is 49.4 Å². The van der Waals surface area contributed by atoms with Crippen molar-refractivity contribution in [2.45, 2.75) is 25.4 Å². The van der Waals surface area contributed by atoms with Gasteiger partial charge < -0.3 is 5.11 Å². The number of alkyl halides is 8. The van der Waals surface area contributed by atoms with Gasteiger partial charge in [-0.1, -0.05) is 24.3 Å². The molecule has 2 aromatic carbocycles. The number of nitrogens with zero attached hydrogens (tertiary/aromatic N) is 1. The molecule has 12 heteroatoms. The van der Waals surface area contributed by atoms with Crippen molar-refractivity contribution in [1.82, 2.24) is 4.98 Å². The average Bonchev–Trinajstić information content (AvgIpc) is 2.76. The molecule has 0 aliphatic carbocycles. The molecule has 34 heavy (non-hydrogen) atoms. The van der Waals surface area contributed by atoms with Gasteiger partial charge in [0.2, 0.25) is 0 Å². The van der Waals surface area contributed by atoms with Crippen LogP contribution in [0.3, 0.4) is 0 Å². The topological polar surface area (TPSA) is 50.2 Å². The summed E-state index contributed by atoms with van der Waals surface area (Å²) >= 11 is 0. The van der Waals surface area contributed by atoms with Crippen LogP contribution in [-0.2, 0) is 19.0 Å². The Balaban J connectivity index is 2.38. The van der Waals surface area contributed by atoms with Gasteiger partial charge in [-0.25, -0.2) is 18.2 Å². The van der Waals surface area contributed by atoms with Crippen molar-refractivity contribution >= 4 is 5.78 Å². The van der Waals surface area contributed by atoms with Gasteiger partial charge in [0.1, 0.15) is 11.5 Å². The first kappa shape index (κ1) is 25.2. The number of carbonyl (C=O) groups is 1. The lowest BCUT2D eigenvalue weighted by Crippen LogP contribution is -2.20. The van der Waals surface area contributed by atoms with Crippen LogP contribution in [0.25, 0.3) is 11.1 Å². The summed E-state index contributed by atoms with van der Waals surface area (Å²) in [6, 6.07) is 5.73. The molecule has 3 aromatic rings. The van der Waals surface area contributed by atoms with Gasteiger partial charge in [0.15, 0.2) is 11.5 Å². The Labute approximate surface area is 185 Å². The number of aliphatic hydroxyl groups is 1. The third-order valence-electron chi connectivity index (χ3n) is 4.79. The van der Waals surface area contributed by atoms with E-state index in [4.69, 9.17) is 0 Å². The second-order valence-electron chi connectivity index (χ2n) is 6.94. The third-order valence-corrected chi connectivity index (χ3v) is 4.79. The zero-order chi connectivity index (χ0) is 25.4. The quantitative estimate of drug-likeness (QED) is 0.323. The summed E-state index contributed by atoms with van der Waals surface area (Å²) in [7, 11) is 0. The van der Waals surface area contributed by atoms with Gasteiger partial charge in [0.05, 0.1) is 17.7 Å². The lowest BCUT2D eigenvalue weighted by Gasteiger charge is -2.21. The predicted octanol–water partition coefficient (Wildman–Crippen LogP) is 6.59. The van der Waals surface area contributed by atoms with Gasteiger partial charge in [0.25, 0.3) is 6.43 Å². The van der Waals surface area contributed by atoms with Crippen molar-refractivity contribution in [3.8, 4) is 11.1 Å². The second-order valence-corrected chi connectivity index (χ2v) is 6.94. The molecular weight excluding hydrogens is 481 g/mol. The number of pyridine rings is 1. The number of aliphatic hydroxyl groups excluding tert-OH is 1. The molecule has 180 valence electrons. The molecule has 0 bridgehead atoms. The normalized spacial score (nSPS) is 12.3. The Morgan fingerprint density at radius 3 is 1.88 bits per heavy atom. The van der Waals surface area contributed by atoms with E-state index in [-0.39, 0.29) is 5.56 Å². The molecule has 0 fully saturated rings. The maximum absolute atomic E-state index is 13.8. The van der Waals surface area contributed by atoms with E-state index in [1.54, 1.807) is 0 Å². The first-order valence-corrected chi connectivity index (χ1v) is 9.26. The Kier molecular flexibility index (Phi) is 6.74. The van der Waals surface area contributed by atoms with E-state index in [9.17, 15) is 49.4 Å². The first-order chi connectivity index (χ1) is 15.8. The van der Waals surface area contributed by atoms with Crippen LogP contribution >= 0.6 is 0 Å². The van der Waals surface area contributed by atoms with Gasteiger partial charge >= 0.3 is 12.4 Å². The van der Waals surface area contributed by atoms with E-state index in [1.807, 2.05) is 0 Å². The smallest absolute Gasteiger partial charge is 0.392 e. The van der Waals surface area contributed by atoms with Gasteiger partial charge in [-0.2, -0.15) is 26.3 Å². The van der Waals surface area contributed by atoms with E-state index < -0.39 is 76.2 Å². The Bertz CT molecular complexity index is 1200. The van der Waals surface area contributed by atoms with Crippen LogP contribution < -0.4 is 0 Å².